The molecule has 0 aromatic carbocycles. The van der Waals surface area contributed by atoms with Gasteiger partial charge in [-0.15, -0.1) is 0 Å². The molecule has 98 valence electrons. The molecule has 3 aliphatic carbocycles. The summed E-state index contributed by atoms with van der Waals surface area (Å²) in [5.74, 6) is 0.604. The molecule has 18 heavy (non-hydrogen) atoms. The monoisotopic (exact) mass is 248 g/mol. The maximum absolute atomic E-state index is 11.2. The number of rotatable bonds is 2. The Morgan fingerprint density at radius 3 is 2.94 bits per heavy atom. The van der Waals surface area contributed by atoms with Gasteiger partial charge in [-0.25, -0.2) is 0 Å². The molecular formula is C15H20O3. The minimum Gasteiger partial charge on any atom is -0.458 e. The van der Waals surface area contributed by atoms with Crippen LogP contribution >= 0.6 is 0 Å². The second-order valence-electron chi connectivity index (χ2n) is 5.77. The van der Waals surface area contributed by atoms with Crippen molar-refractivity contribution < 1.29 is 14.6 Å². The minimum absolute atomic E-state index is 0.0545. The Bertz CT molecular complexity index is 425. The zero-order valence-corrected chi connectivity index (χ0v) is 10.9. The molecule has 1 N–H and O–H groups in total. The zero-order chi connectivity index (χ0) is 12.9. The van der Waals surface area contributed by atoms with Gasteiger partial charge in [-0.05, 0) is 30.8 Å². The van der Waals surface area contributed by atoms with Crippen molar-refractivity contribution in [1.82, 2.24) is 0 Å². The minimum atomic E-state index is -0.392. The van der Waals surface area contributed by atoms with Crippen LogP contribution in [0.3, 0.4) is 0 Å². The highest BCUT2D eigenvalue weighted by atomic mass is 16.5. The number of fused-ring (bicyclic) bond motifs is 5. The van der Waals surface area contributed by atoms with Crippen LogP contribution in [-0.4, -0.2) is 23.3 Å². The van der Waals surface area contributed by atoms with Gasteiger partial charge in [0.1, 0.15) is 6.10 Å². The van der Waals surface area contributed by atoms with Crippen molar-refractivity contribution in [3.8, 4) is 0 Å². The number of allylic oxidation sites excluding steroid dienone is 2. The van der Waals surface area contributed by atoms with E-state index < -0.39 is 6.10 Å². The Hall–Kier alpha value is -1.09. The van der Waals surface area contributed by atoms with Crippen molar-refractivity contribution in [3.05, 3.63) is 24.3 Å². The molecule has 0 aromatic heterocycles. The molecular weight excluding hydrogens is 228 g/mol. The van der Waals surface area contributed by atoms with Crippen LogP contribution in [0, 0.1) is 23.2 Å². The van der Waals surface area contributed by atoms with E-state index in [-0.39, 0.29) is 23.4 Å². The molecule has 0 unspecified atom stereocenters. The average molecular weight is 248 g/mol. The number of carbonyl (C=O) groups is 1. The van der Waals surface area contributed by atoms with Crippen molar-refractivity contribution >= 4 is 5.97 Å². The Labute approximate surface area is 108 Å². The number of hydrogen-bond donors (Lipinski definition) is 1. The molecule has 0 heterocycles. The smallest absolute Gasteiger partial charge is 0.303 e. The van der Waals surface area contributed by atoms with Gasteiger partial charge < -0.3 is 9.84 Å². The molecule has 0 saturated heterocycles. The Morgan fingerprint density at radius 2 is 2.28 bits per heavy atom. The first-order valence-electron chi connectivity index (χ1n) is 6.81. The summed E-state index contributed by atoms with van der Waals surface area (Å²) in [5.41, 5.74) is -0.140. The van der Waals surface area contributed by atoms with Gasteiger partial charge in [0.25, 0.3) is 0 Å². The summed E-state index contributed by atoms with van der Waals surface area (Å²) in [6, 6.07) is 0. The molecule has 3 rings (SSSR count). The normalized spacial score (nSPS) is 48.3. The van der Waals surface area contributed by atoms with Gasteiger partial charge in [0.15, 0.2) is 0 Å². The van der Waals surface area contributed by atoms with Gasteiger partial charge in [0, 0.05) is 18.3 Å². The van der Waals surface area contributed by atoms with Gasteiger partial charge in [0.05, 0.1) is 6.10 Å². The van der Waals surface area contributed by atoms with Crippen molar-refractivity contribution in [1.29, 1.82) is 0 Å². The van der Waals surface area contributed by atoms with Gasteiger partial charge >= 0.3 is 5.97 Å². The molecule has 6 atom stereocenters. The Balaban J connectivity index is 1.99. The van der Waals surface area contributed by atoms with E-state index in [1.165, 1.54) is 6.92 Å². The second-order valence-corrected chi connectivity index (χ2v) is 5.77. The van der Waals surface area contributed by atoms with Crippen LogP contribution in [0.1, 0.15) is 26.7 Å². The molecule has 2 bridgehead atoms. The molecule has 0 aliphatic heterocycles. The van der Waals surface area contributed by atoms with E-state index in [1.54, 1.807) is 0 Å². The summed E-state index contributed by atoms with van der Waals surface area (Å²) in [5, 5.41) is 10.7. The predicted molar refractivity (Wildman–Crippen MR) is 67.7 cm³/mol. The summed E-state index contributed by atoms with van der Waals surface area (Å²) >= 11 is 0. The average Bonchev–Trinajstić information content (AvgIpc) is 2.83. The van der Waals surface area contributed by atoms with E-state index in [9.17, 15) is 9.90 Å². The highest BCUT2D eigenvalue weighted by Gasteiger charge is 2.61. The van der Waals surface area contributed by atoms with E-state index in [4.69, 9.17) is 4.74 Å². The van der Waals surface area contributed by atoms with E-state index in [2.05, 4.69) is 25.2 Å². The maximum atomic E-state index is 11.2. The number of ether oxygens (including phenoxy) is 1. The fourth-order valence-corrected chi connectivity index (χ4v) is 4.34. The SMILES string of the molecule is CC[C@@]12C=C[C@H](OC(C)=O)[C@@H]([C@H]3CC=C[C@H]31)[C@H]2O. The van der Waals surface area contributed by atoms with Crippen molar-refractivity contribution in [3.63, 3.8) is 0 Å². The molecule has 0 amide bonds. The third kappa shape index (κ3) is 1.37. The number of esters is 1. The summed E-state index contributed by atoms with van der Waals surface area (Å²) in [4.78, 5) is 11.2. The Morgan fingerprint density at radius 1 is 1.50 bits per heavy atom. The lowest BCUT2D eigenvalue weighted by molar-refractivity contribution is -0.149. The highest BCUT2D eigenvalue weighted by molar-refractivity contribution is 5.66. The van der Waals surface area contributed by atoms with Crippen LogP contribution < -0.4 is 0 Å². The van der Waals surface area contributed by atoms with E-state index in [0.29, 0.717) is 11.8 Å². The topological polar surface area (TPSA) is 46.5 Å². The third-order valence-corrected chi connectivity index (χ3v) is 5.13. The van der Waals surface area contributed by atoms with Gasteiger partial charge in [0.2, 0.25) is 0 Å². The number of aliphatic hydroxyl groups is 1. The van der Waals surface area contributed by atoms with Gasteiger partial charge in [-0.2, -0.15) is 0 Å². The van der Waals surface area contributed by atoms with Gasteiger partial charge in [-0.1, -0.05) is 25.2 Å². The summed E-state index contributed by atoms with van der Waals surface area (Å²) in [6.07, 6.45) is 9.83. The van der Waals surface area contributed by atoms with Crippen LogP contribution in [0.25, 0.3) is 0 Å². The first kappa shape index (κ1) is 12.0. The van der Waals surface area contributed by atoms with E-state index in [1.807, 2.05) is 6.08 Å². The summed E-state index contributed by atoms with van der Waals surface area (Å²) < 4.78 is 5.38. The second kappa shape index (κ2) is 3.95. The summed E-state index contributed by atoms with van der Waals surface area (Å²) in [7, 11) is 0. The zero-order valence-electron chi connectivity index (χ0n) is 10.9. The lowest BCUT2D eigenvalue weighted by Crippen LogP contribution is -2.43. The van der Waals surface area contributed by atoms with Crippen LogP contribution in [0.5, 0.6) is 0 Å². The molecule has 0 radical (unpaired) electrons. The van der Waals surface area contributed by atoms with Crippen molar-refractivity contribution in [2.75, 3.05) is 0 Å². The fourth-order valence-electron chi connectivity index (χ4n) is 4.34. The molecule has 0 aromatic rings. The molecule has 3 heteroatoms. The fraction of sp³-hybridized carbons (Fsp3) is 0.667. The maximum Gasteiger partial charge on any atom is 0.303 e. The van der Waals surface area contributed by atoms with Crippen LogP contribution in [-0.2, 0) is 9.53 Å². The molecule has 0 spiro atoms. The molecule has 1 saturated carbocycles. The first-order valence-corrected chi connectivity index (χ1v) is 6.81. The Kier molecular flexibility index (Phi) is 2.63. The van der Waals surface area contributed by atoms with Gasteiger partial charge in [-0.3, -0.25) is 4.79 Å². The third-order valence-electron chi connectivity index (χ3n) is 5.13. The van der Waals surface area contributed by atoms with Crippen LogP contribution in [0.15, 0.2) is 24.3 Å². The number of aliphatic hydroxyl groups excluding tert-OH is 1. The standard InChI is InChI=1S/C15H20O3/c1-3-15-8-7-12(18-9(2)16)13(14(15)17)10-5-4-6-11(10)15/h4,6-8,10-14,17H,3,5H2,1-2H3/t10-,11+,12-,13+,14+,15+/m0/s1. The highest BCUT2D eigenvalue weighted by Crippen LogP contribution is 2.60. The number of hydrogen-bond acceptors (Lipinski definition) is 3. The summed E-state index contributed by atoms with van der Waals surface area (Å²) in [6.45, 7) is 3.56. The lowest BCUT2D eigenvalue weighted by atomic mass is 9.71. The number of carbonyl (C=O) groups excluding carboxylic acids is 1. The first-order chi connectivity index (χ1) is 8.60. The molecule has 3 nitrogen and oxygen atoms in total. The van der Waals surface area contributed by atoms with Crippen molar-refractivity contribution in [2.24, 2.45) is 23.2 Å². The van der Waals surface area contributed by atoms with Crippen molar-refractivity contribution in [2.45, 2.75) is 38.9 Å². The largest absolute Gasteiger partial charge is 0.458 e. The predicted octanol–water partition coefficient (Wildman–Crippen LogP) is 2.07. The van der Waals surface area contributed by atoms with E-state index >= 15 is 0 Å². The molecule has 1 fully saturated rings. The quantitative estimate of drug-likeness (QED) is 0.601. The van der Waals surface area contributed by atoms with E-state index in [0.717, 1.165) is 12.8 Å². The molecule has 3 aliphatic rings. The lowest BCUT2D eigenvalue weighted by Gasteiger charge is -2.38. The van der Waals surface area contributed by atoms with Crippen LogP contribution in [0.2, 0.25) is 0 Å². The van der Waals surface area contributed by atoms with Crippen LogP contribution in [0.4, 0.5) is 0 Å².